The van der Waals surface area contributed by atoms with E-state index in [-0.39, 0.29) is 5.24 Å². The second-order valence-electron chi connectivity index (χ2n) is 8.31. The molecule has 134 valence electrons. The van der Waals surface area contributed by atoms with Crippen LogP contribution in [0, 0.1) is 17.8 Å². The maximum Gasteiger partial charge on any atom is 0.221 e. The largest absolute Gasteiger partial charge is 0.324 e. The average molecular weight is 376 g/mol. The summed E-state index contributed by atoms with van der Waals surface area (Å²) in [4.78, 5) is 11.5. The van der Waals surface area contributed by atoms with E-state index >= 15 is 0 Å². The molecular weight excluding hydrogens is 342 g/mol. The minimum Gasteiger partial charge on any atom is -0.324 e. The van der Waals surface area contributed by atoms with Gasteiger partial charge in [-0.15, -0.1) is 0 Å². The lowest BCUT2D eigenvalue weighted by molar-refractivity contribution is -0.113. The molecule has 2 fully saturated rings. The van der Waals surface area contributed by atoms with Gasteiger partial charge in [0.05, 0.1) is 0 Å². The SMILES string of the molecule is CSCC[Si](C)(C)N(C)C1CCCC([C@@H](CC(=O)Cl)C2CC2)C1. The molecule has 2 nitrogen and oxygen atoms in total. The first kappa shape index (κ1) is 19.8. The van der Waals surface area contributed by atoms with Crippen molar-refractivity contribution in [3.63, 3.8) is 0 Å². The van der Waals surface area contributed by atoms with Gasteiger partial charge < -0.3 is 4.57 Å². The molecule has 2 aliphatic carbocycles. The van der Waals surface area contributed by atoms with Crippen molar-refractivity contribution in [1.82, 2.24) is 4.57 Å². The third-order valence-electron chi connectivity index (χ3n) is 6.34. The molecule has 0 N–H and O–H groups in total. The van der Waals surface area contributed by atoms with Crippen LogP contribution in [-0.4, -0.2) is 43.1 Å². The maximum atomic E-state index is 11.5. The normalized spacial score (nSPS) is 27.2. The number of nitrogens with zero attached hydrogens (tertiary/aromatic N) is 1. The third kappa shape index (κ3) is 5.76. The third-order valence-corrected chi connectivity index (χ3v) is 11.2. The van der Waals surface area contributed by atoms with E-state index in [4.69, 9.17) is 11.6 Å². The van der Waals surface area contributed by atoms with Gasteiger partial charge in [0.2, 0.25) is 5.24 Å². The van der Waals surface area contributed by atoms with Gasteiger partial charge in [-0.25, -0.2) is 0 Å². The van der Waals surface area contributed by atoms with Crippen LogP contribution in [0.2, 0.25) is 19.1 Å². The summed E-state index contributed by atoms with van der Waals surface area (Å²) in [5, 5.41) is -0.118. The lowest BCUT2D eigenvalue weighted by Crippen LogP contribution is -2.53. The number of carbonyl (C=O) groups excluding carboxylic acids is 1. The van der Waals surface area contributed by atoms with Crippen LogP contribution in [0.1, 0.15) is 44.9 Å². The second kappa shape index (κ2) is 8.73. The molecule has 5 heteroatoms. The first-order chi connectivity index (χ1) is 10.8. The van der Waals surface area contributed by atoms with Crippen molar-refractivity contribution >= 4 is 36.8 Å². The van der Waals surface area contributed by atoms with E-state index in [0.29, 0.717) is 12.3 Å². The quantitative estimate of drug-likeness (QED) is 0.406. The molecule has 2 saturated carbocycles. The van der Waals surface area contributed by atoms with Gasteiger partial charge in [0, 0.05) is 12.5 Å². The van der Waals surface area contributed by atoms with Crippen molar-refractivity contribution in [2.45, 2.75) is 70.1 Å². The summed E-state index contributed by atoms with van der Waals surface area (Å²) in [6.45, 7) is 5.04. The van der Waals surface area contributed by atoms with Gasteiger partial charge in [-0.2, -0.15) is 11.8 Å². The highest BCUT2D eigenvalue weighted by Crippen LogP contribution is 2.47. The minimum atomic E-state index is -1.30. The predicted molar refractivity (Wildman–Crippen MR) is 106 cm³/mol. The smallest absolute Gasteiger partial charge is 0.221 e. The standard InChI is InChI=1S/C18H34ClNOSSi/c1-20(23(3,4)11-10-22-2)16-7-5-6-15(12-16)17(13-18(19)21)14-8-9-14/h14-17H,5-13H2,1-4H3/t15?,16?,17-/m0/s1. The number of halogens is 1. The van der Waals surface area contributed by atoms with E-state index < -0.39 is 8.24 Å². The number of rotatable bonds is 9. The van der Waals surface area contributed by atoms with Crippen LogP contribution in [0.5, 0.6) is 0 Å². The van der Waals surface area contributed by atoms with Crippen LogP contribution in [0.25, 0.3) is 0 Å². The Hall–Kier alpha value is 0.487. The van der Waals surface area contributed by atoms with Gasteiger partial charge >= 0.3 is 0 Å². The number of hydrogen-bond acceptors (Lipinski definition) is 3. The first-order valence-corrected chi connectivity index (χ1v) is 14.2. The molecule has 23 heavy (non-hydrogen) atoms. The van der Waals surface area contributed by atoms with Crippen LogP contribution in [0.4, 0.5) is 0 Å². The predicted octanol–water partition coefficient (Wildman–Crippen LogP) is 5.23. The van der Waals surface area contributed by atoms with Gasteiger partial charge in [-0.3, -0.25) is 4.79 Å². The molecule has 0 aromatic heterocycles. The number of thioether (sulfide) groups is 1. The Morgan fingerprint density at radius 2 is 1.96 bits per heavy atom. The number of carbonyl (C=O) groups is 1. The molecule has 0 amide bonds. The Kier molecular flexibility index (Phi) is 7.52. The average Bonchev–Trinajstić information content (AvgIpc) is 3.34. The summed E-state index contributed by atoms with van der Waals surface area (Å²) in [5.41, 5.74) is 0. The van der Waals surface area contributed by atoms with Crippen molar-refractivity contribution in [3.05, 3.63) is 0 Å². The van der Waals surface area contributed by atoms with Crippen molar-refractivity contribution in [2.24, 2.45) is 17.8 Å². The molecule has 0 saturated heterocycles. The monoisotopic (exact) mass is 375 g/mol. The van der Waals surface area contributed by atoms with E-state index in [0.717, 1.165) is 17.9 Å². The highest BCUT2D eigenvalue weighted by atomic mass is 35.5. The maximum absolute atomic E-state index is 11.5. The highest BCUT2D eigenvalue weighted by molar-refractivity contribution is 7.98. The molecule has 0 aromatic rings. The molecule has 0 aliphatic heterocycles. The summed E-state index contributed by atoms with van der Waals surface area (Å²) in [6.07, 6.45) is 10.7. The zero-order valence-electron chi connectivity index (χ0n) is 15.3. The Balaban J connectivity index is 1.97. The zero-order valence-corrected chi connectivity index (χ0v) is 17.9. The summed E-state index contributed by atoms with van der Waals surface area (Å²) >= 11 is 7.72. The number of hydrogen-bond donors (Lipinski definition) is 0. The van der Waals surface area contributed by atoms with Gasteiger partial charge in [0.15, 0.2) is 0 Å². The zero-order chi connectivity index (χ0) is 17.0. The van der Waals surface area contributed by atoms with Crippen LogP contribution >= 0.6 is 23.4 Å². The van der Waals surface area contributed by atoms with E-state index in [2.05, 4.69) is 31.0 Å². The van der Waals surface area contributed by atoms with Gasteiger partial charge in [-0.05, 0) is 80.1 Å². The Morgan fingerprint density at radius 3 is 2.52 bits per heavy atom. The van der Waals surface area contributed by atoms with E-state index in [1.54, 1.807) is 0 Å². The van der Waals surface area contributed by atoms with Crippen molar-refractivity contribution in [3.8, 4) is 0 Å². The summed E-state index contributed by atoms with van der Waals surface area (Å²) in [7, 11) is 1.07. The molecule has 2 rings (SSSR count). The first-order valence-electron chi connectivity index (χ1n) is 9.25. The molecule has 3 atom stereocenters. The molecule has 2 aliphatic rings. The topological polar surface area (TPSA) is 20.3 Å². The van der Waals surface area contributed by atoms with Gasteiger partial charge in [-0.1, -0.05) is 25.9 Å². The molecule has 0 bridgehead atoms. The molecule has 0 radical (unpaired) electrons. The molecule has 0 aromatic carbocycles. The summed E-state index contributed by atoms with van der Waals surface area (Å²) in [6, 6.07) is 2.10. The Morgan fingerprint density at radius 1 is 1.26 bits per heavy atom. The van der Waals surface area contributed by atoms with Crippen molar-refractivity contribution < 1.29 is 4.79 Å². The van der Waals surface area contributed by atoms with Gasteiger partial charge in [0.25, 0.3) is 0 Å². The summed E-state index contributed by atoms with van der Waals surface area (Å²) in [5.74, 6) is 3.35. The molecule has 2 unspecified atom stereocenters. The fourth-order valence-electron chi connectivity index (χ4n) is 4.39. The van der Waals surface area contributed by atoms with Crippen LogP contribution < -0.4 is 0 Å². The lowest BCUT2D eigenvalue weighted by Gasteiger charge is -2.45. The van der Waals surface area contributed by atoms with Crippen LogP contribution in [0.3, 0.4) is 0 Å². The highest BCUT2D eigenvalue weighted by Gasteiger charge is 2.41. The van der Waals surface area contributed by atoms with Crippen molar-refractivity contribution in [1.29, 1.82) is 0 Å². The molecular formula is C18H34ClNOSSi. The molecule has 0 spiro atoms. The Bertz CT molecular complexity index is 402. The second-order valence-corrected chi connectivity index (χ2v) is 14.5. The van der Waals surface area contributed by atoms with E-state index in [9.17, 15) is 4.79 Å². The Labute approximate surface area is 153 Å². The van der Waals surface area contributed by atoms with E-state index in [1.165, 1.54) is 50.3 Å². The summed E-state index contributed by atoms with van der Waals surface area (Å²) < 4.78 is 2.77. The molecule has 0 heterocycles. The fourth-order valence-corrected chi connectivity index (χ4v) is 8.96. The van der Waals surface area contributed by atoms with E-state index in [1.807, 2.05) is 11.8 Å². The fraction of sp³-hybridized carbons (Fsp3) is 0.944. The minimum absolute atomic E-state index is 0.118. The van der Waals surface area contributed by atoms with Crippen LogP contribution in [-0.2, 0) is 4.79 Å². The van der Waals surface area contributed by atoms with Gasteiger partial charge in [0.1, 0.15) is 8.24 Å². The van der Waals surface area contributed by atoms with Crippen LogP contribution in [0.15, 0.2) is 0 Å². The lowest BCUT2D eigenvalue weighted by atomic mass is 9.74. The van der Waals surface area contributed by atoms with Crippen molar-refractivity contribution in [2.75, 3.05) is 19.1 Å².